The van der Waals surface area contributed by atoms with E-state index in [1.807, 2.05) is 62.4 Å². The predicted molar refractivity (Wildman–Crippen MR) is 112 cm³/mol. The summed E-state index contributed by atoms with van der Waals surface area (Å²) in [6.07, 6.45) is -1.17. The number of amides is 2. The first-order chi connectivity index (χ1) is 14.5. The van der Waals surface area contributed by atoms with Crippen LogP contribution in [0.3, 0.4) is 0 Å². The van der Waals surface area contributed by atoms with Crippen LogP contribution in [-0.2, 0) is 14.3 Å². The maximum atomic E-state index is 12.3. The zero-order chi connectivity index (χ0) is 21.7. The molecule has 0 aliphatic heterocycles. The number of carboxylic acids is 1. The largest absolute Gasteiger partial charge is 0.480 e. The Labute approximate surface area is 175 Å². The van der Waals surface area contributed by atoms with Gasteiger partial charge in [-0.15, -0.1) is 0 Å². The van der Waals surface area contributed by atoms with Crippen LogP contribution < -0.4 is 5.32 Å². The quantitative estimate of drug-likeness (QED) is 0.697. The molecule has 0 bridgehead atoms. The van der Waals surface area contributed by atoms with E-state index in [1.54, 1.807) is 0 Å². The zero-order valence-corrected chi connectivity index (χ0v) is 17.1. The van der Waals surface area contributed by atoms with Gasteiger partial charge in [0.1, 0.15) is 12.6 Å². The molecule has 1 atom stereocenters. The Morgan fingerprint density at radius 2 is 1.53 bits per heavy atom. The number of hydrogen-bond donors (Lipinski definition) is 2. The summed E-state index contributed by atoms with van der Waals surface area (Å²) in [5, 5.41) is 11.7. The van der Waals surface area contributed by atoms with Gasteiger partial charge in [0.25, 0.3) is 0 Å². The highest BCUT2D eigenvalue weighted by Crippen LogP contribution is 2.44. The highest BCUT2D eigenvalue weighted by molar-refractivity contribution is 5.87. The van der Waals surface area contributed by atoms with E-state index in [0.29, 0.717) is 13.1 Å². The van der Waals surface area contributed by atoms with Crippen LogP contribution >= 0.6 is 0 Å². The van der Waals surface area contributed by atoms with Crippen LogP contribution in [0, 0.1) is 0 Å². The third-order valence-electron chi connectivity index (χ3n) is 5.43. The summed E-state index contributed by atoms with van der Waals surface area (Å²) < 4.78 is 5.38. The van der Waals surface area contributed by atoms with Gasteiger partial charge in [-0.2, -0.15) is 0 Å². The molecule has 2 aromatic rings. The number of carbonyl (C=O) groups excluding carboxylic acids is 2. The topological polar surface area (TPSA) is 95.9 Å². The van der Waals surface area contributed by atoms with Gasteiger partial charge in [-0.3, -0.25) is 4.79 Å². The molecule has 0 heterocycles. The summed E-state index contributed by atoms with van der Waals surface area (Å²) in [6, 6.07) is 14.6. The molecule has 3 rings (SSSR count). The Bertz CT molecular complexity index is 893. The molecule has 0 unspecified atom stereocenters. The number of benzene rings is 2. The zero-order valence-electron chi connectivity index (χ0n) is 17.1. The number of alkyl carbamates (subject to hydrolysis) is 1. The SMILES string of the molecule is CCN(CC)C(=O)C[C@@H](NC(=O)OCC1c2ccccc2-c2ccccc21)C(=O)O. The van der Waals surface area contributed by atoms with Gasteiger partial charge in [0.15, 0.2) is 0 Å². The molecule has 0 aromatic heterocycles. The maximum absolute atomic E-state index is 12.3. The van der Waals surface area contributed by atoms with Gasteiger partial charge in [0, 0.05) is 19.0 Å². The van der Waals surface area contributed by atoms with Gasteiger partial charge in [-0.05, 0) is 36.1 Å². The summed E-state index contributed by atoms with van der Waals surface area (Å²) in [5.74, 6) is -1.72. The molecule has 0 saturated carbocycles. The van der Waals surface area contributed by atoms with Crippen LogP contribution in [0.4, 0.5) is 4.79 Å². The molecule has 0 radical (unpaired) electrons. The van der Waals surface area contributed by atoms with Crippen molar-refractivity contribution in [2.75, 3.05) is 19.7 Å². The number of hydrogen-bond acceptors (Lipinski definition) is 4. The first-order valence-corrected chi connectivity index (χ1v) is 10.1. The average Bonchev–Trinajstić information content (AvgIpc) is 3.06. The van der Waals surface area contributed by atoms with Crippen molar-refractivity contribution in [3.8, 4) is 11.1 Å². The lowest BCUT2D eigenvalue weighted by atomic mass is 9.98. The van der Waals surface area contributed by atoms with Crippen molar-refractivity contribution >= 4 is 18.0 Å². The van der Waals surface area contributed by atoms with Crippen LogP contribution in [0.1, 0.15) is 37.3 Å². The Morgan fingerprint density at radius 3 is 2.03 bits per heavy atom. The summed E-state index contributed by atoms with van der Waals surface area (Å²) in [5.41, 5.74) is 4.35. The molecule has 0 spiro atoms. The number of nitrogens with zero attached hydrogens (tertiary/aromatic N) is 1. The van der Waals surface area contributed by atoms with Crippen LogP contribution in [-0.4, -0.2) is 53.7 Å². The van der Waals surface area contributed by atoms with Crippen molar-refractivity contribution in [3.05, 3.63) is 59.7 Å². The van der Waals surface area contributed by atoms with Gasteiger partial charge < -0.3 is 20.1 Å². The minimum Gasteiger partial charge on any atom is -0.480 e. The Morgan fingerprint density at radius 1 is 1.00 bits per heavy atom. The minimum absolute atomic E-state index is 0.0796. The van der Waals surface area contributed by atoms with Crippen molar-refractivity contribution in [2.24, 2.45) is 0 Å². The van der Waals surface area contributed by atoms with E-state index in [2.05, 4.69) is 5.32 Å². The highest BCUT2D eigenvalue weighted by atomic mass is 16.5. The fourth-order valence-electron chi connectivity index (χ4n) is 3.86. The molecule has 2 amide bonds. The summed E-state index contributed by atoms with van der Waals surface area (Å²) in [6.45, 7) is 4.67. The Hall–Kier alpha value is -3.35. The van der Waals surface area contributed by atoms with Crippen LogP contribution in [0.25, 0.3) is 11.1 Å². The second-order valence-electron chi connectivity index (χ2n) is 7.13. The molecule has 2 N–H and O–H groups in total. The first-order valence-electron chi connectivity index (χ1n) is 10.1. The average molecular weight is 410 g/mol. The smallest absolute Gasteiger partial charge is 0.407 e. The molecule has 7 nitrogen and oxygen atoms in total. The molecule has 0 fully saturated rings. The molecule has 1 aliphatic carbocycles. The molecule has 0 saturated heterocycles. The third kappa shape index (κ3) is 4.45. The van der Waals surface area contributed by atoms with Crippen molar-refractivity contribution in [1.82, 2.24) is 10.2 Å². The predicted octanol–water partition coefficient (Wildman–Crippen LogP) is 3.24. The monoisotopic (exact) mass is 410 g/mol. The molecule has 7 heteroatoms. The van der Waals surface area contributed by atoms with Crippen molar-refractivity contribution in [1.29, 1.82) is 0 Å². The van der Waals surface area contributed by atoms with Crippen molar-refractivity contribution < 1.29 is 24.2 Å². The molecule has 30 heavy (non-hydrogen) atoms. The molecular formula is C23H26N2O5. The molecule has 158 valence electrons. The summed E-state index contributed by atoms with van der Waals surface area (Å²) in [7, 11) is 0. The molecular weight excluding hydrogens is 384 g/mol. The second kappa shape index (κ2) is 9.43. The van der Waals surface area contributed by atoms with E-state index in [1.165, 1.54) is 4.90 Å². The maximum Gasteiger partial charge on any atom is 0.407 e. The van der Waals surface area contributed by atoms with Crippen molar-refractivity contribution in [2.45, 2.75) is 32.2 Å². The fraction of sp³-hybridized carbons (Fsp3) is 0.348. The number of ether oxygens (including phenoxy) is 1. The van der Waals surface area contributed by atoms with Gasteiger partial charge in [-0.25, -0.2) is 9.59 Å². The summed E-state index contributed by atoms with van der Waals surface area (Å²) >= 11 is 0. The van der Waals surface area contributed by atoms with Gasteiger partial charge >= 0.3 is 12.1 Å². The van der Waals surface area contributed by atoms with E-state index in [9.17, 15) is 19.5 Å². The lowest BCUT2D eigenvalue weighted by Gasteiger charge is -2.21. The molecule has 1 aliphatic rings. The lowest BCUT2D eigenvalue weighted by Crippen LogP contribution is -2.45. The second-order valence-corrected chi connectivity index (χ2v) is 7.13. The standard InChI is InChI=1S/C23H26N2O5/c1-3-25(4-2)21(26)13-20(22(27)28)24-23(29)30-14-19-17-11-7-5-9-15(17)16-10-6-8-12-18(16)19/h5-12,19-20H,3-4,13-14H2,1-2H3,(H,24,29)(H,27,28)/t20-/m1/s1. The fourth-order valence-corrected chi connectivity index (χ4v) is 3.86. The van der Waals surface area contributed by atoms with Crippen LogP contribution in [0.5, 0.6) is 0 Å². The number of rotatable bonds is 8. The lowest BCUT2D eigenvalue weighted by molar-refractivity contribution is -0.143. The number of carboxylic acid groups (broad SMARTS) is 1. The summed E-state index contributed by atoms with van der Waals surface area (Å²) in [4.78, 5) is 37.6. The van der Waals surface area contributed by atoms with E-state index < -0.39 is 18.1 Å². The van der Waals surface area contributed by atoms with Crippen LogP contribution in [0.2, 0.25) is 0 Å². The Balaban J connectivity index is 1.65. The van der Waals surface area contributed by atoms with Crippen LogP contribution in [0.15, 0.2) is 48.5 Å². The van der Waals surface area contributed by atoms with E-state index in [-0.39, 0.29) is 24.9 Å². The van der Waals surface area contributed by atoms with Gasteiger partial charge in [0.2, 0.25) is 5.91 Å². The normalized spacial score (nSPS) is 13.1. The minimum atomic E-state index is -1.34. The number of aliphatic carboxylic acids is 1. The van der Waals surface area contributed by atoms with Crippen molar-refractivity contribution in [3.63, 3.8) is 0 Å². The number of nitrogens with one attached hydrogen (secondary N) is 1. The van der Waals surface area contributed by atoms with Gasteiger partial charge in [0.05, 0.1) is 6.42 Å². The van der Waals surface area contributed by atoms with E-state index in [4.69, 9.17) is 4.74 Å². The number of carbonyl (C=O) groups is 3. The molecule has 2 aromatic carbocycles. The highest BCUT2D eigenvalue weighted by Gasteiger charge is 2.30. The Kier molecular flexibility index (Phi) is 6.72. The van der Waals surface area contributed by atoms with Gasteiger partial charge in [-0.1, -0.05) is 48.5 Å². The van der Waals surface area contributed by atoms with E-state index in [0.717, 1.165) is 22.3 Å². The number of fused-ring (bicyclic) bond motifs is 3. The first kappa shape index (κ1) is 21.4. The third-order valence-corrected chi connectivity index (χ3v) is 5.43. The van der Waals surface area contributed by atoms with E-state index >= 15 is 0 Å².